The van der Waals surface area contributed by atoms with Crippen LogP contribution in [0.25, 0.3) is 11.1 Å². The summed E-state index contributed by atoms with van der Waals surface area (Å²) in [6.07, 6.45) is 5.98. The number of aromatic nitrogens is 1. The standard InChI is InChI=1S/C30H35N3O3/c1-3-36-28-18-27(21-6-4-20(2)5-7-21)26(22-8-9-22)16-24(28)19-32-13-11-25(12-14-32)33-15-10-23(30(31)35)17-29(33)34/h4-7,10,15-18,22,25H,3,8-9,11-14,19H2,1-2H3,(H2,31,35). The van der Waals surface area contributed by atoms with Crippen LogP contribution < -0.4 is 16.0 Å². The molecule has 1 saturated carbocycles. The van der Waals surface area contributed by atoms with E-state index in [9.17, 15) is 9.59 Å². The van der Waals surface area contributed by atoms with Gasteiger partial charge in [0, 0.05) is 49.1 Å². The molecule has 2 aromatic carbocycles. The van der Waals surface area contributed by atoms with Gasteiger partial charge in [0.1, 0.15) is 5.75 Å². The second-order valence-electron chi connectivity index (χ2n) is 10.2. The van der Waals surface area contributed by atoms with Crippen molar-refractivity contribution in [2.45, 2.75) is 58.0 Å². The lowest BCUT2D eigenvalue weighted by atomic mass is 9.93. The number of nitrogens with two attached hydrogens (primary N) is 1. The van der Waals surface area contributed by atoms with Crippen molar-refractivity contribution < 1.29 is 9.53 Å². The molecule has 2 fully saturated rings. The quantitative estimate of drug-likeness (QED) is 0.485. The summed E-state index contributed by atoms with van der Waals surface area (Å²) in [6.45, 7) is 7.44. The van der Waals surface area contributed by atoms with E-state index in [1.54, 1.807) is 16.8 Å². The van der Waals surface area contributed by atoms with E-state index in [2.05, 4.69) is 48.2 Å². The number of rotatable bonds is 8. The van der Waals surface area contributed by atoms with Crippen LogP contribution in [0, 0.1) is 6.92 Å². The highest BCUT2D eigenvalue weighted by Gasteiger charge is 2.29. The van der Waals surface area contributed by atoms with Crippen LogP contribution in [-0.2, 0) is 6.54 Å². The Morgan fingerprint density at radius 3 is 2.36 bits per heavy atom. The average Bonchev–Trinajstić information content (AvgIpc) is 3.71. The molecule has 5 rings (SSSR count). The fourth-order valence-corrected chi connectivity index (χ4v) is 5.31. The number of nitrogens with zero attached hydrogens (tertiary/aromatic N) is 2. The number of likely N-dealkylation sites (tertiary alicyclic amines) is 1. The minimum absolute atomic E-state index is 0.132. The summed E-state index contributed by atoms with van der Waals surface area (Å²) >= 11 is 0. The second kappa shape index (κ2) is 10.3. The third-order valence-electron chi connectivity index (χ3n) is 7.49. The predicted octanol–water partition coefficient (Wildman–Crippen LogP) is 5.04. The smallest absolute Gasteiger partial charge is 0.251 e. The van der Waals surface area contributed by atoms with Gasteiger partial charge < -0.3 is 15.0 Å². The van der Waals surface area contributed by atoms with Gasteiger partial charge in [-0.3, -0.25) is 14.5 Å². The zero-order valence-electron chi connectivity index (χ0n) is 21.2. The summed E-state index contributed by atoms with van der Waals surface area (Å²) in [6, 6.07) is 16.5. The van der Waals surface area contributed by atoms with Crippen molar-refractivity contribution in [1.29, 1.82) is 0 Å². The molecule has 2 N–H and O–H groups in total. The van der Waals surface area contributed by atoms with Crippen LogP contribution in [0.15, 0.2) is 59.5 Å². The van der Waals surface area contributed by atoms with E-state index < -0.39 is 5.91 Å². The van der Waals surface area contributed by atoms with Crippen LogP contribution in [0.1, 0.15) is 71.6 Å². The Kier molecular flexibility index (Phi) is 6.97. The van der Waals surface area contributed by atoms with Gasteiger partial charge in [-0.05, 0) is 80.3 Å². The van der Waals surface area contributed by atoms with Crippen LogP contribution in [0.5, 0.6) is 5.75 Å². The van der Waals surface area contributed by atoms with Crippen LogP contribution >= 0.6 is 0 Å². The molecule has 1 aliphatic carbocycles. The average molecular weight is 486 g/mol. The second-order valence-corrected chi connectivity index (χ2v) is 10.2. The fraction of sp³-hybridized carbons (Fsp3) is 0.400. The summed E-state index contributed by atoms with van der Waals surface area (Å²) in [4.78, 5) is 26.4. The van der Waals surface area contributed by atoms with Gasteiger partial charge >= 0.3 is 0 Å². The molecule has 1 aliphatic heterocycles. The molecule has 0 radical (unpaired) electrons. The van der Waals surface area contributed by atoms with E-state index in [-0.39, 0.29) is 17.2 Å². The molecule has 0 spiro atoms. The Morgan fingerprint density at radius 1 is 1.03 bits per heavy atom. The van der Waals surface area contributed by atoms with E-state index in [0.717, 1.165) is 38.2 Å². The predicted molar refractivity (Wildman–Crippen MR) is 143 cm³/mol. The first-order chi connectivity index (χ1) is 17.4. The fourth-order valence-electron chi connectivity index (χ4n) is 5.31. The maximum atomic E-state index is 12.5. The number of primary amides is 1. The summed E-state index contributed by atoms with van der Waals surface area (Å²) < 4.78 is 7.89. The Hall–Kier alpha value is -3.38. The Balaban J connectivity index is 1.34. The number of piperidine rings is 1. The highest BCUT2D eigenvalue weighted by atomic mass is 16.5. The molecule has 0 bridgehead atoms. The molecule has 6 nitrogen and oxygen atoms in total. The number of aryl methyl sites for hydroxylation is 1. The minimum atomic E-state index is -0.571. The Labute approximate surface area is 212 Å². The minimum Gasteiger partial charge on any atom is -0.494 e. The van der Waals surface area contributed by atoms with E-state index in [4.69, 9.17) is 10.5 Å². The van der Waals surface area contributed by atoms with Gasteiger partial charge in [-0.25, -0.2) is 0 Å². The number of pyridine rings is 1. The van der Waals surface area contributed by atoms with Gasteiger partial charge in [-0.1, -0.05) is 29.8 Å². The summed E-state index contributed by atoms with van der Waals surface area (Å²) in [5.41, 5.74) is 11.9. The van der Waals surface area contributed by atoms with Crippen LogP contribution in [0.4, 0.5) is 0 Å². The van der Waals surface area contributed by atoms with E-state index in [1.165, 1.54) is 46.7 Å². The zero-order valence-corrected chi connectivity index (χ0v) is 21.2. The highest BCUT2D eigenvalue weighted by molar-refractivity contribution is 5.92. The molecular formula is C30H35N3O3. The molecule has 2 aliphatic rings. The molecule has 6 heteroatoms. The number of carbonyl (C=O) groups excluding carboxylic acids is 1. The molecule has 3 aromatic rings. The van der Waals surface area contributed by atoms with Crippen LogP contribution in [0.2, 0.25) is 0 Å². The third kappa shape index (κ3) is 5.24. The van der Waals surface area contributed by atoms with Crippen LogP contribution in [0.3, 0.4) is 0 Å². The molecule has 0 unspecified atom stereocenters. The Morgan fingerprint density at radius 2 is 1.75 bits per heavy atom. The number of hydrogen-bond donors (Lipinski definition) is 1. The first-order valence-electron chi connectivity index (χ1n) is 13.0. The molecule has 188 valence electrons. The van der Waals surface area contributed by atoms with Gasteiger partial charge in [0.15, 0.2) is 0 Å². The van der Waals surface area contributed by atoms with Gasteiger partial charge in [0.05, 0.1) is 6.61 Å². The maximum absolute atomic E-state index is 12.5. The van der Waals surface area contributed by atoms with Crippen molar-refractivity contribution in [1.82, 2.24) is 9.47 Å². The molecule has 0 atom stereocenters. The summed E-state index contributed by atoms with van der Waals surface area (Å²) in [7, 11) is 0. The number of carbonyl (C=O) groups is 1. The molecule has 1 amide bonds. The number of ether oxygens (including phenoxy) is 1. The van der Waals surface area contributed by atoms with Gasteiger partial charge in [-0.15, -0.1) is 0 Å². The zero-order chi connectivity index (χ0) is 25.2. The highest BCUT2D eigenvalue weighted by Crippen LogP contribution is 2.46. The Bertz CT molecular complexity index is 1300. The third-order valence-corrected chi connectivity index (χ3v) is 7.49. The number of benzene rings is 2. The summed E-state index contributed by atoms with van der Waals surface area (Å²) in [5.74, 6) is 1.03. The number of hydrogen-bond acceptors (Lipinski definition) is 4. The normalized spacial score (nSPS) is 16.7. The molecule has 1 saturated heterocycles. The SMILES string of the molecule is CCOc1cc(-c2ccc(C)cc2)c(C2CC2)cc1CN1CCC(n2ccc(C(N)=O)cc2=O)CC1. The van der Waals surface area contributed by atoms with Crippen molar-refractivity contribution in [2.24, 2.45) is 5.73 Å². The lowest BCUT2D eigenvalue weighted by molar-refractivity contribution is 0.0999. The first-order valence-corrected chi connectivity index (χ1v) is 13.0. The van der Waals surface area contributed by atoms with Crippen molar-refractivity contribution in [3.05, 3.63) is 87.3 Å². The van der Waals surface area contributed by atoms with E-state index in [0.29, 0.717) is 12.5 Å². The molecule has 36 heavy (non-hydrogen) atoms. The van der Waals surface area contributed by atoms with Crippen LogP contribution in [-0.4, -0.2) is 35.1 Å². The van der Waals surface area contributed by atoms with Crippen molar-refractivity contribution in [2.75, 3.05) is 19.7 Å². The summed E-state index contributed by atoms with van der Waals surface area (Å²) in [5, 5.41) is 0. The van der Waals surface area contributed by atoms with Gasteiger partial charge in [-0.2, -0.15) is 0 Å². The molecular weight excluding hydrogens is 450 g/mol. The lowest BCUT2D eigenvalue weighted by Gasteiger charge is -2.33. The van der Waals surface area contributed by atoms with Gasteiger partial charge in [0.25, 0.3) is 5.56 Å². The lowest BCUT2D eigenvalue weighted by Crippen LogP contribution is -2.37. The largest absolute Gasteiger partial charge is 0.494 e. The van der Waals surface area contributed by atoms with E-state index >= 15 is 0 Å². The maximum Gasteiger partial charge on any atom is 0.251 e. The van der Waals surface area contributed by atoms with Crippen molar-refractivity contribution in [3.8, 4) is 16.9 Å². The number of amides is 1. The first kappa shape index (κ1) is 24.3. The van der Waals surface area contributed by atoms with E-state index in [1.807, 2.05) is 6.92 Å². The van der Waals surface area contributed by atoms with Gasteiger partial charge in [0.2, 0.25) is 5.91 Å². The molecule has 1 aromatic heterocycles. The monoisotopic (exact) mass is 485 g/mol. The van der Waals surface area contributed by atoms with Crippen molar-refractivity contribution in [3.63, 3.8) is 0 Å². The topological polar surface area (TPSA) is 77.6 Å². The van der Waals surface area contributed by atoms with Crippen molar-refractivity contribution >= 4 is 5.91 Å². The molecule has 2 heterocycles.